The van der Waals surface area contributed by atoms with E-state index in [0.29, 0.717) is 10.8 Å². The third kappa shape index (κ3) is 2.86. The van der Waals surface area contributed by atoms with Crippen LogP contribution in [-0.4, -0.2) is 28.4 Å². The molecule has 0 radical (unpaired) electrons. The summed E-state index contributed by atoms with van der Waals surface area (Å²) in [7, 11) is 1.50. The van der Waals surface area contributed by atoms with Crippen LogP contribution in [-0.2, 0) is 27.7 Å². The van der Waals surface area contributed by atoms with E-state index in [1.54, 1.807) is 0 Å². The van der Waals surface area contributed by atoms with Gasteiger partial charge in [0.25, 0.3) is 18.1 Å². The highest BCUT2D eigenvalue weighted by Gasteiger charge is 2.35. The number of fused-ring (bicyclic) bond motifs is 2. The average Bonchev–Trinajstić information content (AvgIpc) is 2.42. The summed E-state index contributed by atoms with van der Waals surface area (Å²) in [5.74, 6) is -1.58. The minimum Gasteiger partial charge on any atom is -0.290 e. The van der Waals surface area contributed by atoms with Crippen LogP contribution in [0.15, 0.2) is 23.1 Å². The van der Waals surface area contributed by atoms with Crippen molar-refractivity contribution in [2.45, 2.75) is 0 Å². The van der Waals surface area contributed by atoms with Crippen molar-refractivity contribution in [2.75, 3.05) is 0 Å². The largest absolute Gasteiger partial charge is 0.290 e. The number of ketones is 2. The summed E-state index contributed by atoms with van der Waals surface area (Å²) >= 11 is 0. The normalized spacial score (nSPS) is 17.1. The first-order valence-corrected chi connectivity index (χ1v) is 10.9. The zero-order valence-electron chi connectivity index (χ0n) is 11.5. The second kappa shape index (κ2) is 5.38. The van der Waals surface area contributed by atoms with Gasteiger partial charge in [0.2, 0.25) is 5.78 Å². The van der Waals surface area contributed by atoms with Gasteiger partial charge in [-0.15, -0.1) is 0 Å². The molecule has 0 saturated carbocycles. The van der Waals surface area contributed by atoms with Gasteiger partial charge in [-0.3, -0.25) is 9.59 Å². The van der Waals surface area contributed by atoms with Crippen LogP contribution in [0, 0.1) is 0 Å². The zero-order chi connectivity index (χ0) is 17.9. The van der Waals surface area contributed by atoms with Crippen LogP contribution in [0.5, 0.6) is 0 Å². The Morgan fingerprint density at radius 3 is 2.04 bits per heavy atom. The average molecular weight is 405 g/mol. The molecule has 2 aliphatic carbocycles. The smallest absolute Gasteiger partial charge is 0.265 e. The van der Waals surface area contributed by atoms with Crippen molar-refractivity contribution in [1.82, 2.24) is 0 Å². The first kappa shape index (κ1) is 17.1. The number of Topliss-reactive ketones (excluding diaryl/α,β-unsaturated/α-hetero) is 1. The topological polar surface area (TPSA) is 102 Å². The lowest BCUT2D eigenvalue weighted by molar-refractivity contribution is -0.110. The number of halogens is 2. The number of allylic oxidation sites excluding steroid dienone is 2. The van der Waals surface area contributed by atoms with Crippen molar-refractivity contribution in [1.29, 1.82) is 0 Å². The number of hydrogen-bond acceptors (Lipinski definition) is 6. The van der Waals surface area contributed by atoms with Crippen LogP contribution in [0.1, 0.15) is 11.1 Å². The highest BCUT2D eigenvalue weighted by atomic mass is 35.7. The Bertz CT molecular complexity index is 1220. The van der Waals surface area contributed by atoms with E-state index in [0.717, 1.165) is 6.08 Å². The summed E-state index contributed by atoms with van der Waals surface area (Å²) in [4.78, 5) is 22.0. The SMILES string of the molecule is O=C1C=Cc2cc3c(cc2=C1)C=C(S(=O)(=O)Cl)C(=O)C=3S(=O)(=O)Cl. The van der Waals surface area contributed by atoms with Crippen molar-refractivity contribution in [2.24, 2.45) is 0 Å². The fourth-order valence-electron chi connectivity index (χ4n) is 2.47. The molecule has 124 valence electrons. The summed E-state index contributed by atoms with van der Waals surface area (Å²) in [6.07, 6.45) is 4.99. The number of rotatable bonds is 2. The van der Waals surface area contributed by atoms with E-state index >= 15 is 0 Å². The maximum Gasteiger partial charge on any atom is 0.265 e. The molecule has 6 nitrogen and oxygen atoms in total. The molecule has 24 heavy (non-hydrogen) atoms. The highest BCUT2D eigenvalue weighted by molar-refractivity contribution is 8.22. The van der Waals surface area contributed by atoms with Gasteiger partial charge >= 0.3 is 0 Å². The van der Waals surface area contributed by atoms with Crippen LogP contribution in [0.4, 0.5) is 0 Å². The Morgan fingerprint density at radius 2 is 1.46 bits per heavy atom. The first-order chi connectivity index (χ1) is 11.0. The van der Waals surface area contributed by atoms with E-state index in [1.165, 1.54) is 30.4 Å². The molecule has 0 aromatic heterocycles. The molecule has 0 bridgehead atoms. The van der Waals surface area contributed by atoms with E-state index in [-0.39, 0.29) is 16.6 Å². The molecule has 0 spiro atoms. The van der Waals surface area contributed by atoms with E-state index < -0.39 is 33.7 Å². The molecule has 1 aromatic carbocycles. The van der Waals surface area contributed by atoms with Crippen molar-refractivity contribution >= 4 is 74.2 Å². The van der Waals surface area contributed by atoms with Gasteiger partial charge in [-0.05, 0) is 46.7 Å². The van der Waals surface area contributed by atoms with Gasteiger partial charge in [-0.1, -0.05) is 6.08 Å². The second-order valence-electron chi connectivity index (χ2n) is 4.99. The molecule has 0 fully saturated rings. The monoisotopic (exact) mass is 404 g/mol. The molecule has 0 unspecified atom stereocenters. The van der Waals surface area contributed by atoms with Crippen LogP contribution in [0.3, 0.4) is 0 Å². The van der Waals surface area contributed by atoms with E-state index in [9.17, 15) is 26.4 Å². The van der Waals surface area contributed by atoms with Gasteiger partial charge in [-0.2, -0.15) is 0 Å². The van der Waals surface area contributed by atoms with E-state index in [4.69, 9.17) is 21.4 Å². The molecular formula is C14H6Cl2O6S2. The molecule has 1 aromatic rings. The van der Waals surface area contributed by atoms with Gasteiger partial charge < -0.3 is 0 Å². The minimum absolute atomic E-state index is 0.0507. The molecule has 3 rings (SSSR count). The molecule has 0 atom stereocenters. The molecular weight excluding hydrogens is 399 g/mol. The minimum atomic E-state index is -4.54. The number of benzene rings is 1. The zero-order valence-corrected chi connectivity index (χ0v) is 14.6. The van der Waals surface area contributed by atoms with Crippen molar-refractivity contribution < 1.29 is 26.4 Å². The Hall–Kier alpha value is -1.74. The van der Waals surface area contributed by atoms with Gasteiger partial charge in [0.1, 0.15) is 9.81 Å². The van der Waals surface area contributed by atoms with Gasteiger partial charge in [0.05, 0.1) is 0 Å². The second-order valence-corrected chi connectivity index (χ2v) is 10.0. The number of carbonyl (C=O) groups excluding carboxylic acids is 2. The molecule has 0 heterocycles. The number of carbonyl (C=O) groups is 2. The fraction of sp³-hybridized carbons (Fsp3) is 0. The summed E-state index contributed by atoms with van der Waals surface area (Å²) < 4.78 is 46.8. The Kier molecular flexibility index (Phi) is 3.83. The molecule has 0 amide bonds. The quantitative estimate of drug-likeness (QED) is 0.653. The van der Waals surface area contributed by atoms with Crippen molar-refractivity contribution in [3.8, 4) is 0 Å². The molecule has 10 heteroatoms. The predicted molar refractivity (Wildman–Crippen MR) is 90.1 cm³/mol. The fourth-order valence-corrected chi connectivity index (χ4v) is 4.70. The standard InChI is InChI=1S/C14H6Cl2O6S2/c15-23(19,20)12-6-9-3-8-4-10(17)2-1-7(8)5-11(9)14(13(12)18)24(16,21)22/h1-6H. The molecule has 2 aliphatic rings. The van der Waals surface area contributed by atoms with Crippen molar-refractivity contribution in [3.05, 3.63) is 44.7 Å². The maximum atomic E-state index is 12.3. The summed E-state index contributed by atoms with van der Waals surface area (Å²) in [6.45, 7) is 0. The lowest BCUT2D eigenvalue weighted by Crippen LogP contribution is -2.30. The summed E-state index contributed by atoms with van der Waals surface area (Å²) in [5, 5.41) is 0.398. The first-order valence-electron chi connectivity index (χ1n) is 6.26. The van der Waals surface area contributed by atoms with Crippen LogP contribution >= 0.6 is 21.4 Å². The van der Waals surface area contributed by atoms with E-state index in [1.807, 2.05) is 0 Å². The lowest BCUT2D eigenvalue weighted by Gasteiger charge is -2.14. The third-order valence-corrected chi connectivity index (χ3v) is 6.13. The highest BCUT2D eigenvalue weighted by Crippen LogP contribution is 2.28. The van der Waals surface area contributed by atoms with Gasteiger partial charge in [0, 0.05) is 26.6 Å². The summed E-state index contributed by atoms with van der Waals surface area (Å²) in [5.41, 5.74) is 0.593. The molecule has 0 aliphatic heterocycles. The van der Waals surface area contributed by atoms with Crippen LogP contribution in [0.2, 0.25) is 0 Å². The number of hydrogen-bond donors (Lipinski definition) is 0. The Balaban J connectivity index is 2.53. The Labute approximate surface area is 145 Å². The summed E-state index contributed by atoms with van der Waals surface area (Å²) in [6, 6.07) is 2.74. The van der Waals surface area contributed by atoms with Gasteiger partial charge in [-0.25, -0.2) is 16.8 Å². The Morgan fingerprint density at radius 1 is 0.792 bits per heavy atom. The molecule has 0 saturated heterocycles. The maximum absolute atomic E-state index is 12.3. The van der Waals surface area contributed by atoms with Crippen LogP contribution in [0.25, 0.3) is 23.1 Å². The third-order valence-electron chi connectivity index (χ3n) is 3.45. The molecule has 0 N–H and O–H groups in total. The van der Waals surface area contributed by atoms with Gasteiger partial charge in [0.15, 0.2) is 5.78 Å². The van der Waals surface area contributed by atoms with Crippen LogP contribution < -0.4 is 10.4 Å². The van der Waals surface area contributed by atoms with E-state index in [2.05, 4.69) is 0 Å². The lowest BCUT2D eigenvalue weighted by atomic mass is 9.97. The van der Waals surface area contributed by atoms with Crippen molar-refractivity contribution in [3.63, 3.8) is 0 Å². The predicted octanol–water partition coefficient (Wildman–Crippen LogP) is 0.232.